The SMILES string of the molecule is NC(=O)/C=C/C(=O)Nc1nnc(S(N)(=O)=O)s1. The van der Waals surface area contributed by atoms with Gasteiger partial charge in [0.25, 0.3) is 10.0 Å². The van der Waals surface area contributed by atoms with Crippen LogP contribution >= 0.6 is 11.3 Å². The van der Waals surface area contributed by atoms with Gasteiger partial charge < -0.3 is 5.73 Å². The van der Waals surface area contributed by atoms with Crippen LogP contribution in [0.15, 0.2) is 16.5 Å². The number of nitrogens with one attached hydrogen (secondary N) is 1. The van der Waals surface area contributed by atoms with E-state index in [9.17, 15) is 18.0 Å². The summed E-state index contributed by atoms with van der Waals surface area (Å²) in [4.78, 5) is 21.5. The summed E-state index contributed by atoms with van der Waals surface area (Å²) in [5.41, 5.74) is 4.77. The number of primary sulfonamides is 1. The van der Waals surface area contributed by atoms with E-state index in [-0.39, 0.29) is 5.13 Å². The number of sulfonamides is 1. The van der Waals surface area contributed by atoms with E-state index in [0.717, 1.165) is 12.2 Å². The molecule has 1 heterocycles. The van der Waals surface area contributed by atoms with Crippen molar-refractivity contribution in [2.75, 3.05) is 5.32 Å². The van der Waals surface area contributed by atoms with Gasteiger partial charge in [-0.25, -0.2) is 13.6 Å². The summed E-state index contributed by atoms with van der Waals surface area (Å²) in [5.74, 6) is -1.48. The van der Waals surface area contributed by atoms with Gasteiger partial charge in [0.05, 0.1) is 0 Å². The summed E-state index contributed by atoms with van der Waals surface area (Å²) in [6.45, 7) is 0. The van der Waals surface area contributed by atoms with Crippen molar-refractivity contribution < 1.29 is 18.0 Å². The monoisotopic (exact) mass is 277 g/mol. The molecule has 9 nitrogen and oxygen atoms in total. The van der Waals surface area contributed by atoms with Gasteiger partial charge in [-0.05, 0) is 0 Å². The van der Waals surface area contributed by atoms with Gasteiger partial charge in [0.15, 0.2) is 0 Å². The maximum Gasteiger partial charge on any atom is 0.267 e. The Labute approximate surface area is 99.6 Å². The number of nitrogens with two attached hydrogens (primary N) is 2. The maximum atomic E-state index is 11.1. The Balaban J connectivity index is 2.74. The molecule has 0 aliphatic heterocycles. The summed E-state index contributed by atoms with van der Waals surface area (Å²) in [6, 6.07) is 0. The van der Waals surface area contributed by atoms with Crippen LogP contribution in [0, 0.1) is 0 Å². The molecule has 0 unspecified atom stereocenters. The maximum absolute atomic E-state index is 11.1. The molecule has 0 aromatic carbocycles. The molecule has 5 N–H and O–H groups in total. The standard InChI is InChI=1S/C6H7N5O4S2/c7-3(12)1-2-4(13)9-5-10-11-6(16-5)17(8,14)15/h1-2H,(H2,7,12)(H2,8,14,15)(H,9,10,13)/b2-1+. The molecule has 0 radical (unpaired) electrons. The van der Waals surface area contributed by atoms with Crippen molar-refractivity contribution in [3.8, 4) is 0 Å². The van der Waals surface area contributed by atoms with Gasteiger partial charge in [-0.1, -0.05) is 11.3 Å². The van der Waals surface area contributed by atoms with Gasteiger partial charge in [0, 0.05) is 12.2 Å². The molecule has 2 amide bonds. The van der Waals surface area contributed by atoms with E-state index in [2.05, 4.69) is 15.5 Å². The lowest BCUT2D eigenvalue weighted by Crippen LogP contribution is -2.11. The van der Waals surface area contributed by atoms with Crippen LogP contribution in [0.3, 0.4) is 0 Å². The first-order chi connectivity index (χ1) is 7.79. The van der Waals surface area contributed by atoms with Gasteiger partial charge in [-0.3, -0.25) is 14.9 Å². The fourth-order valence-corrected chi connectivity index (χ4v) is 2.02. The topological polar surface area (TPSA) is 158 Å². The second-order valence-electron chi connectivity index (χ2n) is 2.64. The quantitative estimate of drug-likeness (QED) is 0.433. The van der Waals surface area contributed by atoms with Crippen LogP contribution in [0.4, 0.5) is 5.13 Å². The third kappa shape index (κ3) is 4.26. The molecule has 1 aromatic rings. The van der Waals surface area contributed by atoms with Crippen molar-refractivity contribution in [1.82, 2.24) is 10.2 Å². The Kier molecular flexibility index (Phi) is 3.88. The first-order valence-corrected chi connectivity index (χ1v) is 6.30. The highest BCUT2D eigenvalue weighted by atomic mass is 32.2. The zero-order valence-electron chi connectivity index (χ0n) is 8.15. The van der Waals surface area contributed by atoms with Crippen molar-refractivity contribution >= 4 is 38.3 Å². The lowest BCUT2D eigenvalue weighted by atomic mass is 10.4. The third-order valence-corrected chi connectivity index (χ3v) is 3.43. The predicted molar refractivity (Wildman–Crippen MR) is 58.2 cm³/mol. The Morgan fingerprint density at radius 3 is 2.41 bits per heavy atom. The fraction of sp³-hybridized carbons (Fsp3) is 0. The molecule has 1 rings (SSSR count). The van der Waals surface area contributed by atoms with E-state index >= 15 is 0 Å². The van der Waals surface area contributed by atoms with Gasteiger partial charge in [-0.2, -0.15) is 0 Å². The molecular formula is C6H7N5O4S2. The minimum absolute atomic E-state index is 0.0619. The molecule has 0 saturated carbocycles. The van der Waals surface area contributed by atoms with Crippen molar-refractivity contribution in [3.05, 3.63) is 12.2 Å². The second kappa shape index (κ2) is 4.99. The molecule has 0 fully saturated rings. The lowest BCUT2D eigenvalue weighted by Gasteiger charge is -1.92. The molecule has 0 saturated heterocycles. The van der Waals surface area contributed by atoms with Crippen molar-refractivity contribution in [2.24, 2.45) is 10.9 Å². The number of anilines is 1. The van der Waals surface area contributed by atoms with Gasteiger partial charge in [0.1, 0.15) is 0 Å². The summed E-state index contributed by atoms with van der Waals surface area (Å²) in [5, 5.41) is 13.5. The van der Waals surface area contributed by atoms with Crippen LogP contribution in [0.25, 0.3) is 0 Å². The van der Waals surface area contributed by atoms with E-state index in [1.165, 1.54) is 0 Å². The van der Waals surface area contributed by atoms with E-state index < -0.39 is 26.2 Å². The van der Waals surface area contributed by atoms with Gasteiger partial charge >= 0.3 is 0 Å². The molecule has 11 heteroatoms. The van der Waals surface area contributed by atoms with Crippen LogP contribution in [0.1, 0.15) is 0 Å². The third-order valence-electron chi connectivity index (χ3n) is 1.28. The van der Waals surface area contributed by atoms with Crippen LogP contribution < -0.4 is 16.2 Å². The number of carbonyl (C=O) groups excluding carboxylic acids is 2. The molecule has 0 spiro atoms. The first kappa shape index (κ1) is 13.2. The summed E-state index contributed by atoms with van der Waals surface area (Å²) >= 11 is 0.585. The highest BCUT2D eigenvalue weighted by molar-refractivity contribution is 7.91. The highest BCUT2D eigenvalue weighted by Crippen LogP contribution is 2.18. The Hall–Kier alpha value is -1.85. The predicted octanol–water partition coefficient (Wildman–Crippen LogP) is -1.83. The number of rotatable bonds is 4. The van der Waals surface area contributed by atoms with Crippen LogP contribution in [-0.4, -0.2) is 30.4 Å². The van der Waals surface area contributed by atoms with E-state index in [1.54, 1.807) is 0 Å². The second-order valence-corrected chi connectivity index (χ2v) is 5.36. The molecule has 1 aromatic heterocycles. The van der Waals surface area contributed by atoms with Gasteiger partial charge in [-0.15, -0.1) is 10.2 Å². The number of aromatic nitrogens is 2. The molecular weight excluding hydrogens is 270 g/mol. The Morgan fingerprint density at radius 1 is 1.29 bits per heavy atom. The molecule has 92 valence electrons. The molecule has 0 bridgehead atoms. The average Bonchev–Trinajstić information content (AvgIpc) is 2.62. The number of primary amides is 1. The fourth-order valence-electron chi connectivity index (χ4n) is 0.680. The lowest BCUT2D eigenvalue weighted by molar-refractivity contribution is -0.115. The van der Waals surface area contributed by atoms with Crippen molar-refractivity contribution in [3.63, 3.8) is 0 Å². The Bertz CT molecular complexity index is 575. The molecule has 0 aliphatic rings. The zero-order chi connectivity index (χ0) is 13.1. The van der Waals surface area contributed by atoms with E-state index in [0.29, 0.717) is 11.3 Å². The largest absolute Gasteiger partial charge is 0.366 e. The van der Waals surface area contributed by atoms with Crippen molar-refractivity contribution in [1.29, 1.82) is 0 Å². The smallest absolute Gasteiger partial charge is 0.267 e. The summed E-state index contributed by atoms with van der Waals surface area (Å²) < 4.78 is 21.3. The molecule has 0 atom stereocenters. The molecule has 0 aliphatic carbocycles. The number of nitrogens with zero attached hydrogens (tertiary/aromatic N) is 2. The summed E-state index contributed by atoms with van der Waals surface area (Å²) in [7, 11) is -3.94. The normalized spacial score (nSPS) is 11.6. The summed E-state index contributed by atoms with van der Waals surface area (Å²) in [6.07, 6.45) is 1.72. The van der Waals surface area contributed by atoms with Gasteiger partial charge in [0.2, 0.25) is 21.3 Å². The number of amides is 2. The van der Waals surface area contributed by atoms with E-state index in [4.69, 9.17) is 10.9 Å². The van der Waals surface area contributed by atoms with E-state index in [1.807, 2.05) is 0 Å². The van der Waals surface area contributed by atoms with Crippen LogP contribution in [-0.2, 0) is 19.6 Å². The minimum Gasteiger partial charge on any atom is -0.366 e. The average molecular weight is 277 g/mol. The number of hydrogen-bond donors (Lipinski definition) is 3. The van der Waals surface area contributed by atoms with Crippen LogP contribution in [0.2, 0.25) is 0 Å². The Morgan fingerprint density at radius 2 is 1.94 bits per heavy atom. The van der Waals surface area contributed by atoms with Crippen LogP contribution in [0.5, 0.6) is 0 Å². The zero-order valence-corrected chi connectivity index (χ0v) is 9.79. The number of hydrogen-bond acceptors (Lipinski definition) is 7. The minimum atomic E-state index is -3.94. The number of carbonyl (C=O) groups is 2. The highest BCUT2D eigenvalue weighted by Gasteiger charge is 2.15. The van der Waals surface area contributed by atoms with Crippen molar-refractivity contribution in [2.45, 2.75) is 4.34 Å². The molecule has 17 heavy (non-hydrogen) atoms. The first-order valence-electron chi connectivity index (χ1n) is 3.94.